The Morgan fingerprint density at radius 3 is 2.40 bits per heavy atom. The lowest BCUT2D eigenvalue weighted by Crippen LogP contribution is -2.42. The summed E-state index contributed by atoms with van der Waals surface area (Å²) in [5.41, 5.74) is 0.746. The van der Waals surface area contributed by atoms with E-state index in [0.717, 1.165) is 5.69 Å². The molecule has 0 aromatic carbocycles. The number of aromatic nitrogens is 1. The van der Waals surface area contributed by atoms with Crippen LogP contribution in [0.2, 0.25) is 0 Å². The number of carbonyl (C=O) groups is 3. The highest BCUT2D eigenvalue weighted by Gasteiger charge is 2.09. The maximum Gasteiger partial charge on any atom is 0.322 e. The third-order valence-corrected chi connectivity index (χ3v) is 2.32. The van der Waals surface area contributed by atoms with Crippen molar-refractivity contribution in [3.05, 3.63) is 17.3 Å². The number of nitrogens with zero attached hydrogens (tertiary/aromatic N) is 1. The van der Waals surface area contributed by atoms with Crippen LogP contribution in [-0.2, 0) is 16.1 Å². The van der Waals surface area contributed by atoms with Gasteiger partial charge in [-0.1, -0.05) is 0 Å². The van der Waals surface area contributed by atoms with Crippen LogP contribution in [-0.4, -0.2) is 41.1 Å². The third kappa shape index (κ3) is 5.38. The van der Waals surface area contributed by atoms with E-state index >= 15 is 0 Å². The second kappa shape index (κ2) is 7.12. The van der Waals surface area contributed by atoms with Crippen LogP contribution >= 0.6 is 0 Å². The summed E-state index contributed by atoms with van der Waals surface area (Å²) in [6, 6.07) is -0.580. The Hall–Kier alpha value is -2.58. The number of amides is 3. The second-order valence-corrected chi connectivity index (χ2v) is 3.96. The molecule has 0 unspecified atom stereocenters. The average molecular weight is 284 g/mol. The molecule has 0 radical (unpaired) electrons. The zero-order valence-corrected chi connectivity index (χ0v) is 11.1. The number of urea groups is 1. The van der Waals surface area contributed by atoms with Crippen molar-refractivity contribution in [2.24, 2.45) is 0 Å². The highest BCUT2D eigenvalue weighted by molar-refractivity contribution is 5.86. The van der Waals surface area contributed by atoms with Gasteiger partial charge in [0.1, 0.15) is 12.3 Å². The zero-order chi connectivity index (χ0) is 15.1. The van der Waals surface area contributed by atoms with Gasteiger partial charge >= 0.3 is 12.0 Å². The molecule has 4 N–H and O–H groups in total. The number of aliphatic carboxylic acids is 1. The maximum atomic E-state index is 11.4. The topological polar surface area (TPSA) is 134 Å². The molecular weight excluding hydrogens is 268 g/mol. The van der Waals surface area contributed by atoms with E-state index in [1.54, 1.807) is 13.8 Å². The fourth-order valence-electron chi connectivity index (χ4n) is 1.23. The molecule has 0 aliphatic heterocycles. The Morgan fingerprint density at radius 1 is 1.15 bits per heavy atom. The van der Waals surface area contributed by atoms with Crippen molar-refractivity contribution in [3.8, 4) is 0 Å². The SMILES string of the molecule is Cc1nc(CNC(=O)NCC(=O)NCC(=O)O)oc1C. The molecule has 1 rings (SSSR count). The van der Waals surface area contributed by atoms with Crippen molar-refractivity contribution >= 4 is 17.9 Å². The number of oxazole rings is 1. The van der Waals surface area contributed by atoms with Gasteiger partial charge in [-0.3, -0.25) is 9.59 Å². The molecule has 9 heteroatoms. The van der Waals surface area contributed by atoms with Crippen LogP contribution in [0.1, 0.15) is 17.3 Å². The molecule has 0 saturated heterocycles. The van der Waals surface area contributed by atoms with Crippen LogP contribution in [0, 0.1) is 13.8 Å². The Morgan fingerprint density at radius 2 is 1.85 bits per heavy atom. The Kier molecular flexibility index (Phi) is 5.51. The lowest BCUT2D eigenvalue weighted by Gasteiger charge is -2.06. The summed E-state index contributed by atoms with van der Waals surface area (Å²) in [5.74, 6) is -0.705. The number of carboxylic acid groups (broad SMARTS) is 1. The van der Waals surface area contributed by atoms with Crippen LogP contribution in [0.4, 0.5) is 4.79 Å². The van der Waals surface area contributed by atoms with Crippen molar-refractivity contribution in [2.75, 3.05) is 13.1 Å². The highest BCUT2D eigenvalue weighted by atomic mass is 16.4. The van der Waals surface area contributed by atoms with Crippen molar-refractivity contribution in [3.63, 3.8) is 0 Å². The number of hydrogen-bond donors (Lipinski definition) is 4. The van der Waals surface area contributed by atoms with Crippen LogP contribution in [0.25, 0.3) is 0 Å². The number of hydrogen-bond acceptors (Lipinski definition) is 5. The summed E-state index contributed by atoms with van der Waals surface area (Å²) < 4.78 is 5.26. The number of carbonyl (C=O) groups excluding carboxylic acids is 2. The average Bonchev–Trinajstić information content (AvgIpc) is 2.70. The van der Waals surface area contributed by atoms with Crippen molar-refractivity contribution in [1.82, 2.24) is 20.9 Å². The minimum absolute atomic E-state index is 0.0945. The predicted octanol–water partition coefficient (Wildman–Crippen LogP) is -0.709. The number of carboxylic acids is 1. The van der Waals surface area contributed by atoms with E-state index in [4.69, 9.17) is 9.52 Å². The molecule has 0 saturated carbocycles. The molecule has 0 atom stereocenters. The van der Waals surface area contributed by atoms with E-state index in [1.165, 1.54) is 0 Å². The standard InChI is InChI=1S/C11H16N4O5/c1-6-7(2)20-9(15-6)4-14-11(19)13-3-8(16)12-5-10(17)18/h3-5H2,1-2H3,(H,12,16)(H,17,18)(H2,13,14,19). The van der Waals surface area contributed by atoms with Crippen LogP contribution in [0.15, 0.2) is 4.42 Å². The number of aryl methyl sites for hydroxylation is 2. The molecular formula is C11H16N4O5. The molecule has 1 heterocycles. The fourth-order valence-corrected chi connectivity index (χ4v) is 1.23. The van der Waals surface area contributed by atoms with Gasteiger partial charge in [0.25, 0.3) is 0 Å². The zero-order valence-electron chi connectivity index (χ0n) is 11.1. The van der Waals surface area contributed by atoms with E-state index in [-0.39, 0.29) is 13.1 Å². The van der Waals surface area contributed by atoms with Crippen LogP contribution < -0.4 is 16.0 Å². The third-order valence-electron chi connectivity index (χ3n) is 2.32. The number of rotatable bonds is 6. The fraction of sp³-hybridized carbons (Fsp3) is 0.455. The van der Waals surface area contributed by atoms with Crippen molar-refractivity contribution < 1.29 is 23.9 Å². The van der Waals surface area contributed by atoms with E-state index in [1.807, 2.05) is 0 Å². The summed E-state index contributed by atoms with van der Waals surface area (Å²) in [6.07, 6.45) is 0. The van der Waals surface area contributed by atoms with Crippen molar-refractivity contribution in [1.29, 1.82) is 0 Å². The number of nitrogens with one attached hydrogen (secondary N) is 3. The molecule has 0 aliphatic carbocycles. The monoisotopic (exact) mass is 284 g/mol. The first-order chi connectivity index (χ1) is 9.38. The van der Waals surface area contributed by atoms with Crippen molar-refractivity contribution in [2.45, 2.75) is 20.4 Å². The van der Waals surface area contributed by atoms with E-state index in [2.05, 4.69) is 20.9 Å². The lowest BCUT2D eigenvalue weighted by atomic mass is 10.4. The molecule has 0 aliphatic rings. The second-order valence-electron chi connectivity index (χ2n) is 3.96. The summed E-state index contributed by atoms with van der Waals surface area (Å²) in [5, 5.41) is 15.2. The Labute approximate surface area is 114 Å². The molecule has 1 aromatic heterocycles. The molecule has 0 bridgehead atoms. The Balaban J connectivity index is 2.23. The predicted molar refractivity (Wildman–Crippen MR) is 66.9 cm³/mol. The molecule has 1 aromatic rings. The van der Waals surface area contributed by atoms with Gasteiger partial charge < -0.3 is 25.5 Å². The Bertz CT molecular complexity index is 491. The summed E-state index contributed by atoms with van der Waals surface area (Å²) >= 11 is 0. The van der Waals surface area contributed by atoms with Gasteiger partial charge in [-0.2, -0.15) is 0 Å². The first-order valence-electron chi connectivity index (χ1n) is 5.81. The van der Waals surface area contributed by atoms with Gasteiger partial charge in [0.2, 0.25) is 11.8 Å². The lowest BCUT2D eigenvalue weighted by molar-refractivity contribution is -0.137. The molecule has 20 heavy (non-hydrogen) atoms. The van der Waals surface area contributed by atoms with Gasteiger partial charge in [0.05, 0.1) is 18.8 Å². The summed E-state index contributed by atoms with van der Waals surface area (Å²) in [4.78, 5) is 36.8. The highest BCUT2D eigenvalue weighted by Crippen LogP contribution is 2.07. The molecule has 0 fully saturated rings. The van der Waals surface area contributed by atoms with Gasteiger partial charge in [-0.15, -0.1) is 0 Å². The largest absolute Gasteiger partial charge is 0.480 e. The van der Waals surface area contributed by atoms with Gasteiger partial charge in [0.15, 0.2) is 0 Å². The van der Waals surface area contributed by atoms with Crippen LogP contribution in [0.3, 0.4) is 0 Å². The molecule has 110 valence electrons. The van der Waals surface area contributed by atoms with Crippen LogP contribution in [0.5, 0.6) is 0 Å². The minimum atomic E-state index is -1.16. The van der Waals surface area contributed by atoms with Gasteiger partial charge in [-0.25, -0.2) is 9.78 Å². The van der Waals surface area contributed by atoms with E-state index in [0.29, 0.717) is 11.7 Å². The summed E-state index contributed by atoms with van der Waals surface area (Å²) in [7, 11) is 0. The summed E-state index contributed by atoms with van der Waals surface area (Å²) in [6.45, 7) is 2.84. The quantitative estimate of drug-likeness (QED) is 0.545. The van der Waals surface area contributed by atoms with E-state index < -0.39 is 24.5 Å². The van der Waals surface area contributed by atoms with Gasteiger partial charge in [-0.05, 0) is 13.8 Å². The minimum Gasteiger partial charge on any atom is -0.480 e. The first-order valence-corrected chi connectivity index (χ1v) is 5.81. The normalized spacial score (nSPS) is 9.90. The molecule has 0 spiro atoms. The first kappa shape index (κ1) is 15.5. The van der Waals surface area contributed by atoms with Gasteiger partial charge in [0, 0.05) is 0 Å². The maximum absolute atomic E-state index is 11.4. The van der Waals surface area contributed by atoms with E-state index in [9.17, 15) is 14.4 Å². The molecule has 9 nitrogen and oxygen atoms in total. The smallest absolute Gasteiger partial charge is 0.322 e. The molecule has 3 amide bonds.